The fourth-order valence-electron chi connectivity index (χ4n) is 2.02. The Balaban J connectivity index is 2.06. The van der Waals surface area contributed by atoms with E-state index in [0.717, 1.165) is 16.4 Å². The molecule has 0 radical (unpaired) electrons. The number of ether oxygens (including phenoxy) is 1. The number of nitrogens with zero attached hydrogens (tertiary/aromatic N) is 1. The van der Waals surface area contributed by atoms with E-state index in [1.54, 1.807) is 0 Å². The topological polar surface area (TPSA) is 83.9 Å². The van der Waals surface area contributed by atoms with Crippen LogP contribution in [-0.4, -0.2) is 42.7 Å². The number of rotatable bonds is 5. The highest BCUT2D eigenvalue weighted by atomic mass is 32.2. The molecule has 0 spiro atoms. The summed E-state index contributed by atoms with van der Waals surface area (Å²) in [4.78, 5) is 10.8. The van der Waals surface area contributed by atoms with Crippen LogP contribution in [0, 0.1) is 0 Å². The largest absolute Gasteiger partial charge is 0.573 e. The maximum atomic E-state index is 12.1. The summed E-state index contributed by atoms with van der Waals surface area (Å²) in [6.07, 6.45) is -4.58. The minimum atomic E-state index is -4.82. The SMILES string of the molecule is O=C(O)[C@@H]1CCN1S(=O)(=O)Cc1ccc(OC(F)(F)F)cc1. The van der Waals surface area contributed by atoms with Crippen molar-refractivity contribution in [3.8, 4) is 5.75 Å². The Labute approximate surface area is 124 Å². The Hall–Kier alpha value is -1.81. The monoisotopic (exact) mass is 339 g/mol. The van der Waals surface area contributed by atoms with E-state index in [4.69, 9.17) is 5.11 Å². The van der Waals surface area contributed by atoms with Crippen molar-refractivity contribution in [2.24, 2.45) is 0 Å². The molecule has 0 aliphatic carbocycles. The molecule has 1 aromatic carbocycles. The molecule has 1 aliphatic heterocycles. The van der Waals surface area contributed by atoms with E-state index in [2.05, 4.69) is 4.74 Å². The summed E-state index contributed by atoms with van der Waals surface area (Å²) in [6.45, 7) is 0.120. The third kappa shape index (κ3) is 3.89. The van der Waals surface area contributed by atoms with Gasteiger partial charge in [-0.25, -0.2) is 8.42 Å². The van der Waals surface area contributed by atoms with Crippen molar-refractivity contribution in [1.82, 2.24) is 4.31 Å². The predicted molar refractivity (Wildman–Crippen MR) is 68.5 cm³/mol. The third-order valence-corrected chi connectivity index (χ3v) is 4.97. The van der Waals surface area contributed by atoms with Gasteiger partial charge in [0, 0.05) is 6.54 Å². The van der Waals surface area contributed by atoms with Crippen molar-refractivity contribution in [2.45, 2.75) is 24.6 Å². The first kappa shape index (κ1) is 16.6. The zero-order valence-corrected chi connectivity index (χ0v) is 11.9. The second-order valence-electron chi connectivity index (χ2n) is 4.70. The van der Waals surface area contributed by atoms with Crippen LogP contribution < -0.4 is 4.74 Å². The molecule has 0 saturated carbocycles. The van der Waals surface area contributed by atoms with Crippen molar-refractivity contribution < 1.29 is 36.2 Å². The number of sulfonamides is 1. The Morgan fingerprint density at radius 2 is 1.91 bits per heavy atom. The zero-order chi connectivity index (χ0) is 16.5. The van der Waals surface area contributed by atoms with Crippen molar-refractivity contribution in [1.29, 1.82) is 0 Å². The van der Waals surface area contributed by atoms with Gasteiger partial charge in [0.15, 0.2) is 0 Å². The van der Waals surface area contributed by atoms with Gasteiger partial charge in [-0.15, -0.1) is 13.2 Å². The number of carboxylic acid groups (broad SMARTS) is 1. The van der Waals surface area contributed by atoms with Crippen molar-refractivity contribution >= 4 is 16.0 Å². The summed E-state index contributed by atoms with van der Waals surface area (Å²) in [7, 11) is -3.83. The van der Waals surface area contributed by atoms with E-state index in [9.17, 15) is 26.4 Å². The lowest BCUT2D eigenvalue weighted by Gasteiger charge is -2.36. The summed E-state index contributed by atoms with van der Waals surface area (Å²) in [5, 5.41) is 8.85. The summed E-state index contributed by atoms with van der Waals surface area (Å²) < 4.78 is 64.7. The molecule has 1 atom stereocenters. The average molecular weight is 339 g/mol. The Morgan fingerprint density at radius 3 is 2.32 bits per heavy atom. The van der Waals surface area contributed by atoms with Crippen molar-refractivity contribution in [2.75, 3.05) is 6.54 Å². The van der Waals surface area contributed by atoms with E-state index in [1.165, 1.54) is 12.1 Å². The molecule has 0 bridgehead atoms. The maximum Gasteiger partial charge on any atom is 0.573 e. The van der Waals surface area contributed by atoms with Crippen molar-refractivity contribution in [3.63, 3.8) is 0 Å². The lowest BCUT2D eigenvalue weighted by atomic mass is 10.1. The molecule has 1 N–H and O–H groups in total. The second-order valence-corrected chi connectivity index (χ2v) is 6.62. The lowest BCUT2D eigenvalue weighted by Crippen LogP contribution is -2.55. The summed E-state index contributed by atoms with van der Waals surface area (Å²) in [5.74, 6) is -2.16. The summed E-state index contributed by atoms with van der Waals surface area (Å²) in [6, 6.07) is 3.31. The molecule has 22 heavy (non-hydrogen) atoms. The minimum absolute atomic E-state index is 0.120. The van der Waals surface area contributed by atoms with Crippen LogP contribution in [0.25, 0.3) is 0 Å². The van der Waals surface area contributed by atoms with Gasteiger partial charge < -0.3 is 9.84 Å². The molecule has 1 saturated heterocycles. The summed E-state index contributed by atoms with van der Waals surface area (Å²) in [5.41, 5.74) is 0.241. The van der Waals surface area contributed by atoms with Gasteiger partial charge >= 0.3 is 12.3 Å². The number of halogens is 3. The molecular formula is C12H12F3NO5S. The number of carbonyl (C=O) groups is 1. The van der Waals surface area contributed by atoms with Crippen LogP contribution in [0.2, 0.25) is 0 Å². The molecule has 0 unspecified atom stereocenters. The number of hydrogen-bond acceptors (Lipinski definition) is 4. The molecule has 1 aromatic rings. The van der Waals surface area contributed by atoms with Crippen LogP contribution in [0.4, 0.5) is 13.2 Å². The molecule has 10 heteroatoms. The van der Waals surface area contributed by atoms with Crippen LogP contribution in [0.5, 0.6) is 5.75 Å². The van der Waals surface area contributed by atoms with Crippen LogP contribution >= 0.6 is 0 Å². The average Bonchev–Trinajstić information content (AvgIpc) is 2.26. The van der Waals surface area contributed by atoms with Crippen molar-refractivity contribution in [3.05, 3.63) is 29.8 Å². The Morgan fingerprint density at radius 1 is 1.32 bits per heavy atom. The van der Waals surface area contributed by atoms with Gasteiger partial charge in [0.25, 0.3) is 0 Å². The van der Waals surface area contributed by atoms with Gasteiger partial charge in [-0.2, -0.15) is 4.31 Å². The lowest BCUT2D eigenvalue weighted by molar-refractivity contribution is -0.274. The maximum absolute atomic E-state index is 12.1. The Kier molecular flexibility index (Phi) is 4.34. The quantitative estimate of drug-likeness (QED) is 0.880. The highest BCUT2D eigenvalue weighted by Gasteiger charge is 2.42. The number of alkyl halides is 3. The highest BCUT2D eigenvalue weighted by molar-refractivity contribution is 7.88. The number of hydrogen-bond donors (Lipinski definition) is 1. The first-order valence-corrected chi connectivity index (χ1v) is 7.76. The van der Waals surface area contributed by atoms with E-state index in [0.29, 0.717) is 0 Å². The molecule has 122 valence electrons. The van der Waals surface area contributed by atoms with E-state index in [-0.39, 0.29) is 18.5 Å². The van der Waals surface area contributed by atoms with Crippen LogP contribution in [0.3, 0.4) is 0 Å². The smallest absolute Gasteiger partial charge is 0.480 e. The molecule has 2 rings (SSSR count). The normalized spacial score (nSPS) is 19.5. The van der Waals surface area contributed by atoms with Gasteiger partial charge in [-0.1, -0.05) is 12.1 Å². The molecular weight excluding hydrogens is 327 g/mol. The zero-order valence-electron chi connectivity index (χ0n) is 11.1. The number of carboxylic acids is 1. The van der Waals surface area contributed by atoms with Crippen LogP contribution in [0.15, 0.2) is 24.3 Å². The van der Waals surface area contributed by atoms with Gasteiger partial charge in [-0.3, -0.25) is 4.79 Å². The van der Waals surface area contributed by atoms with Crippen LogP contribution in [0.1, 0.15) is 12.0 Å². The standard InChI is InChI=1S/C12H12F3NO5S/c13-12(14,15)21-9-3-1-8(2-4-9)7-22(19,20)16-6-5-10(16)11(17)18/h1-4,10H,5-7H2,(H,17,18)/t10-/m0/s1. The Bertz CT molecular complexity index is 656. The summed E-state index contributed by atoms with van der Waals surface area (Å²) >= 11 is 0. The molecule has 1 heterocycles. The first-order valence-electron chi connectivity index (χ1n) is 6.15. The van der Waals surface area contributed by atoms with Gasteiger partial charge in [-0.05, 0) is 24.1 Å². The number of benzene rings is 1. The highest BCUT2D eigenvalue weighted by Crippen LogP contribution is 2.26. The third-order valence-electron chi connectivity index (χ3n) is 3.12. The second kappa shape index (κ2) is 5.76. The van der Waals surface area contributed by atoms with E-state index in [1.807, 2.05) is 0 Å². The van der Waals surface area contributed by atoms with E-state index < -0.39 is 39.9 Å². The van der Waals surface area contributed by atoms with E-state index >= 15 is 0 Å². The molecule has 1 aliphatic rings. The van der Waals surface area contributed by atoms with Gasteiger partial charge in [0.1, 0.15) is 11.8 Å². The first-order chi connectivity index (χ1) is 10.1. The van der Waals surface area contributed by atoms with Crippen LogP contribution in [-0.2, 0) is 20.6 Å². The molecule has 0 aromatic heterocycles. The fourth-order valence-corrected chi connectivity index (χ4v) is 3.77. The number of aliphatic carboxylic acids is 1. The fraction of sp³-hybridized carbons (Fsp3) is 0.417. The minimum Gasteiger partial charge on any atom is -0.480 e. The van der Waals surface area contributed by atoms with Gasteiger partial charge in [0.2, 0.25) is 10.0 Å². The molecule has 1 fully saturated rings. The molecule has 6 nitrogen and oxygen atoms in total. The van der Waals surface area contributed by atoms with Gasteiger partial charge in [0.05, 0.1) is 5.75 Å². The predicted octanol–water partition coefficient (Wildman–Crippen LogP) is 1.57. The molecule has 0 amide bonds.